The average molecular weight is 594 g/mol. The Morgan fingerprint density at radius 2 is 1.68 bits per heavy atom. The lowest BCUT2D eigenvalue weighted by atomic mass is 9.75. The van der Waals surface area contributed by atoms with E-state index < -0.39 is 23.9 Å². The molecule has 3 aromatic rings. The fourth-order valence-electron chi connectivity index (χ4n) is 6.32. The first kappa shape index (κ1) is 29.2. The van der Waals surface area contributed by atoms with Gasteiger partial charge < -0.3 is 15.0 Å². The summed E-state index contributed by atoms with van der Waals surface area (Å²) in [6.45, 7) is 2.48. The van der Waals surface area contributed by atoms with Crippen LogP contribution in [0, 0.1) is 5.92 Å². The maximum absolute atomic E-state index is 14.3. The summed E-state index contributed by atoms with van der Waals surface area (Å²) >= 11 is 13.1. The monoisotopic (exact) mass is 592 g/mol. The summed E-state index contributed by atoms with van der Waals surface area (Å²) in [6.07, 6.45) is 3.64. The number of esters is 1. The molecule has 0 radical (unpaired) electrons. The average Bonchev–Trinajstić information content (AvgIpc) is 2.98. The highest BCUT2D eigenvalue weighted by Crippen LogP contribution is 2.48. The van der Waals surface area contributed by atoms with Crippen LogP contribution in [0.3, 0.4) is 0 Å². The van der Waals surface area contributed by atoms with Gasteiger partial charge in [0.1, 0.15) is 0 Å². The largest absolute Gasteiger partial charge is 0.466 e. The van der Waals surface area contributed by atoms with Crippen molar-refractivity contribution in [2.24, 2.45) is 5.92 Å². The van der Waals surface area contributed by atoms with Gasteiger partial charge in [-0.1, -0.05) is 90.6 Å². The topological polar surface area (TPSA) is 75.7 Å². The molecule has 5 rings (SSSR count). The predicted molar refractivity (Wildman–Crippen MR) is 160 cm³/mol. The van der Waals surface area contributed by atoms with Crippen LogP contribution in [0.1, 0.15) is 71.6 Å². The van der Waals surface area contributed by atoms with E-state index >= 15 is 0 Å². The van der Waals surface area contributed by atoms with Gasteiger partial charge in [0.05, 0.1) is 24.5 Å². The molecule has 3 aromatic carbocycles. The molecule has 1 heterocycles. The molecular weight excluding hydrogens is 559 g/mol. The van der Waals surface area contributed by atoms with E-state index in [4.69, 9.17) is 27.9 Å². The predicted octanol–water partition coefficient (Wildman–Crippen LogP) is 6.75. The van der Waals surface area contributed by atoms with Gasteiger partial charge in [0.2, 0.25) is 5.91 Å². The van der Waals surface area contributed by atoms with E-state index in [9.17, 15) is 14.4 Å². The molecule has 2 aliphatic rings. The number of nitrogens with one attached hydrogen (secondary N) is 1. The summed E-state index contributed by atoms with van der Waals surface area (Å²) in [5, 5.41) is 3.95. The van der Waals surface area contributed by atoms with Gasteiger partial charge >= 0.3 is 5.97 Å². The summed E-state index contributed by atoms with van der Waals surface area (Å²) in [7, 11) is 0. The van der Waals surface area contributed by atoms with E-state index in [-0.39, 0.29) is 24.4 Å². The van der Waals surface area contributed by atoms with Gasteiger partial charge in [-0.2, -0.15) is 0 Å². The van der Waals surface area contributed by atoms with Crippen LogP contribution < -0.4 is 5.32 Å². The molecule has 41 heavy (non-hydrogen) atoms. The molecule has 0 saturated heterocycles. The van der Waals surface area contributed by atoms with Crippen LogP contribution in [0.4, 0.5) is 0 Å². The Kier molecular flexibility index (Phi) is 9.31. The van der Waals surface area contributed by atoms with Gasteiger partial charge in [-0.3, -0.25) is 14.4 Å². The van der Waals surface area contributed by atoms with E-state index in [0.717, 1.165) is 18.4 Å². The van der Waals surface area contributed by atoms with Crippen LogP contribution in [0.15, 0.2) is 72.8 Å². The molecular formula is C33H34Cl2N2O4. The molecule has 0 aromatic heterocycles. The molecule has 1 fully saturated rings. The lowest BCUT2D eigenvalue weighted by Crippen LogP contribution is -2.55. The summed E-state index contributed by atoms with van der Waals surface area (Å²) in [6, 6.07) is 21.2. The summed E-state index contributed by atoms with van der Waals surface area (Å²) < 4.78 is 5.46. The number of halogens is 2. The zero-order chi connectivity index (χ0) is 28.9. The fraction of sp³-hybridized carbons (Fsp3) is 0.364. The van der Waals surface area contributed by atoms with Crippen molar-refractivity contribution in [1.29, 1.82) is 0 Å². The number of carbonyl (C=O) groups excluding carboxylic acids is 3. The quantitative estimate of drug-likeness (QED) is 0.293. The Labute approximate surface area is 251 Å². The number of fused-ring (bicyclic) bond motifs is 1. The third-order valence-corrected chi connectivity index (χ3v) is 8.73. The molecule has 8 heteroatoms. The lowest BCUT2D eigenvalue weighted by molar-refractivity contribution is -0.152. The molecule has 2 amide bonds. The van der Waals surface area contributed by atoms with Crippen LogP contribution in [0.25, 0.3) is 0 Å². The zero-order valence-corrected chi connectivity index (χ0v) is 24.5. The zero-order valence-electron chi connectivity index (χ0n) is 23.0. The van der Waals surface area contributed by atoms with Gasteiger partial charge in [0.25, 0.3) is 5.91 Å². The van der Waals surface area contributed by atoms with Crippen LogP contribution in [-0.4, -0.2) is 41.9 Å². The number of amides is 2. The van der Waals surface area contributed by atoms with Crippen molar-refractivity contribution in [3.05, 3.63) is 105 Å². The molecule has 1 aliphatic carbocycles. The lowest BCUT2D eigenvalue weighted by Gasteiger charge is -2.48. The molecule has 6 nitrogen and oxygen atoms in total. The molecule has 1 N–H and O–H groups in total. The van der Waals surface area contributed by atoms with E-state index in [2.05, 4.69) is 5.32 Å². The van der Waals surface area contributed by atoms with Crippen molar-refractivity contribution in [3.8, 4) is 0 Å². The second kappa shape index (κ2) is 13.1. The Hall–Kier alpha value is -3.35. The van der Waals surface area contributed by atoms with Crippen LogP contribution in [0.5, 0.6) is 0 Å². The van der Waals surface area contributed by atoms with Gasteiger partial charge in [-0.25, -0.2) is 0 Å². The molecule has 1 saturated carbocycles. The Morgan fingerprint density at radius 1 is 0.951 bits per heavy atom. The number of rotatable bonds is 8. The Balaban J connectivity index is 1.60. The Bertz CT molecular complexity index is 1410. The number of hydrogen-bond donors (Lipinski definition) is 1. The van der Waals surface area contributed by atoms with E-state index in [1.54, 1.807) is 42.2 Å². The summed E-state index contributed by atoms with van der Waals surface area (Å²) in [5.74, 6) is -1.97. The molecule has 0 bridgehead atoms. The second-order valence-electron chi connectivity index (χ2n) is 10.6. The van der Waals surface area contributed by atoms with Crippen molar-refractivity contribution < 1.29 is 19.1 Å². The van der Waals surface area contributed by atoms with Crippen LogP contribution >= 0.6 is 23.2 Å². The normalized spacial score (nSPS) is 22.1. The first-order chi connectivity index (χ1) is 19.9. The standard InChI is InChI=1S/C33H34Cl2N2O4/c1-2-41-33(40)26-14-8-9-15-28(26)37-30(25-17-16-22(34)20-27(25)35)29(23-12-6-7-13-24(23)32(37)39)31(38)36-19-18-21-10-4-3-5-11-21/h3-7,10-13,16-17,20,26,28-30H,2,8-9,14-15,18-19H2,1H3,(H,36,38). The fourth-order valence-corrected chi connectivity index (χ4v) is 6.84. The molecule has 4 unspecified atom stereocenters. The van der Waals surface area contributed by atoms with Gasteiger partial charge in [0.15, 0.2) is 0 Å². The third-order valence-electron chi connectivity index (χ3n) is 8.17. The van der Waals surface area contributed by atoms with Crippen LogP contribution in [-0.2, 0) is 20.7 Å². The maximum Gasteiger partial charge on any atom is 0.311 e. The minimum Gasteiger partial charge on any atom is -0.466 e. The van der Waals surface area contributed by atoms with Crippen molar-refractivity contribution in [3.63, 3.8) is 0 Å². The van der Waals surface area contributed by atoms with Crippen molar-refractivity contribution >= 4 is 41.0 Å². The summed E-state index contributed by atoms with van der Waals surface area (Å²) in [5.41, 5.74) is 2.84. The molecule has 0 spiro atoms. The van der Waals surface area contributed by atoms with Crippen molar-refractivity contribution in [1.82, 2.24) is 10.2 Å². The van der Waals surface area contributed by atoms with Crippen molar-refractivity contribution in [2.45, 2.75) is 57.0 Å². The van der Waals surface area contributed by atoms with Crippen molar-refractivity contribution in [2.75, 3.05) is 13.2 Å². The third kappa shape index (κ3) is 6.14. The molecule has 4 atom stereocenters. The van der Waals surface area contributed by atoms with Gasteiger partial charge in [0, 0.05) is 28.2 Å². The number of carbonyl (C=O) groups is 3. The maximum atomic E-state index is 14.3. The number of nitrogens with zero attached hydrogens (tertiary/aromatic N) is 1. The Morgan fingerprint density at radius 3 is 2.44 bits per heavy atom. The van der Waals surface area contributed by atoms with E-state index in [0.29, 0.717) is 52.5 Å². The number of hydrogen-bond acceptors (Lipinski definition) is 4. The van der Waals surface area contributed by atoms with Gasteiger partial charge in [-0.15, -0.1) is 0 Å². The van der Waals surface area contributed by atoms with E-state index in [1.165, 1.54) is 0 Å². The molecule has 214 valence electrons. The minimum atomic E-state index is -0.747. The minimum absolute atomic E-state index is 0.203. The summed E-state index contributed by atoms with van der Waals surface area (Å²) in [4.78, 5) is 43.4. The first-order valence-electron chi connectivity index (χ1n) is 14.3. The smallest absolute Gasteiger partial charge is 0.311 e. The highest BCUT2D eigenvalue weighted by atomic mass is 35.5. The number of benzene rings is 3. The molecule has 1 aliphatic heterocycles. The first-order valence-corrected chi connectivity index (χ1v) is 15.0. The highest BCUT2D eigenvalue weighted by molar-refractivity contribution is 6.35. The SMILES string of the molecule is CCOC(=O)C1CCCCC1N1C(=O)c2ccccc2C(C(=O)NCCc2ccccc2)C1c1ccc(Cl)cc1Cl. The highest BCUT2D eigenvalue weighted by Gasteiger charge is 2.50. The number of ether oxygens (including phenoxy) is 1. The van der Waals surface area contributed by atoms with E-state index in [1.807, 2.05) is 42.5 Å². The second-order valence-corrected chi connectivity index (χ2v) is 11.5. The van der Waals surface area contributed by atoms with Crippen LogP contribution in [0.2, 0.25) is 10.0 Å². The van der Waals surface area contributed by atoms with Gasteiger partial charge in [-0.05, 0) is 61.1 Å².